The highest BCUT2D eigenvalue weighted by Gasteiger charge is 2.16. The van der Waals surface area contributed by atoms with Crippen LogP contribution in [0.25, 0.3) is 10.8 Å². The van der Waals surface area contributed by atoms with Crippen molar-refractivity contribution in [3.63, 3.8) is 0 Å². The van der Waals surface area contributed by atoms with E-state index in [9.17, 15) is 9.59 Å². The number of nitrogens with one attached hydrogen (secondary N) is 2. The molecule has 2 aromatic rings. The van der Waals surface area contributed by atoms with Crippen LogP contribution in [-0.4, -0.2) is 32.2 Å². The average Bonchev–Trinajstić information content (AvgIpc) is 2.53. The minimum absolute atomic E-state index is 0.509. The maximum absolute atomic E-state index is 11.8. The van der Waals surface area contributed by atoms with Gasteiger partial charge in [0.15, 0.2) is 6.10 Å². The molecule has 0 saturated carbocycles. The van der Waals surface area contributed by atoms with Crippen molar-refractivity contribution in [2.24, 2.45) is 0 Å². The summed E-state index contributed by atoms with van der Waals surface area (Å²) in [5, 5.41) is 6.46. The fourth-order valence-electron chi connectivity index (χ4n) is 1.94. The molecular formula is C16H18N2O4. The molecule has 2 rings (SSSR count). The lowest BCUT2D eigenvalue weighted by Crippen LogP contribution is -2.43. The predicted octanol–water partition coefficient (Wildman–Crippen LogP) is 2.07. The van der Waals surface area contributed by atoms with Gasteiger partial charge >= 0.3 is 6.03 Å². The summed E-state index contributed by atoms with van der Waals surface area (Å²) < 4.78 is 10.8. The highest BCUT2D eigenvalue weighted by molar-refractivity contribution is 5.96. The maximum atomic E-state index is 11.8. The van der Waals surface area contributed by atoms with Gasteiger partial charge in [0.1, 0.15) is 11.5 Å². The smallest absolute Gasteiger partial charge is 0.321 e. The normalized spacial score (nSPS) is 11.6. The van der Waals surface area contributed by atoms with Gasteiger partial charge in [-0.3, -0.25) is 10.1 Å². The highest BCUT2D eigenvalue weighted by atomic mass is 16.5. The third-order valence-corrected chi connectivity index (χ3v) is 3.16. The van der Waals surface area contributed by atoms with Crippen LogP contribution in [0.15, 0.2) is 36.4 Å². The predicted molar refractivity (Wildman–Crippen MR) is 83.2 cm³/mol. The molecule has 0 radical (unpaired) electrons. The van der Waals surface area contributed by atoms with E-state index in [1.165, 1.54) is 7.05 Å². The Kier molecular flexibility index (Phi) is 4.83. The molecule has 0 bridgehead atoms. The molecule has 6 heteroatoms. The lowest BCUT2D eigenvalue weighted by molar-refractivity contribution is -0.126. The Hall–Kier alpha value is -2.76. The lowest BCUT2D eigenvalue weighted by Gasteiger charge is -2.14. The number of hydrogen-bond donors (Lipinski definition) is 2. The average molecular weight is 302 g/mol. The number of rotatable bonds is 4. The van der Waals surface area contributed by atoms with Crippen molar-refractivity contribution in [2.45, 2.75) is 13.0 Å². The molecule has 0 unspecified atom stereocenters. The maximum Gasteiger partial charge on any atom is 0.321 e. The zero-order valence-corrected chi connectivity index (χ0v) is 12.7. The number of ether oxygens (including phenoxy) is 2. The first-order valence-corrected chi connectivity index (χ1v) is 6.80. The third-order valence-electron chi connectivity index (χ3n) is 3.16. The van der Waals surface area contributed by atoms with E-state index in [4.69, 9.17) is 9.47 Å². The number of amides is 3. The van der Waals surface area contributed by atoms with Crippen LogP contribution in [0.1, 0.15) is 6.92 Å². The summed E-state index contributed by atoms with van der Waals surface area (Å²) in [5.41, 5.74) is 0. The largest absolute Gasteiger partial charge is 0.497 e. The molecule has 0 spiro atoms. The quantitative estimate of drug-likeness (QED) is 0.906. The number of hydrogen-bond acceptors (Lipinski definition) is 4. The number of carbonyl (C=O) groups excluding carboxylic acids is 2. The first-order valence-electron chi connectivity index (χ1n) is 6.80. The van der Waals surface area contributed by atoms with Crippen LogP contribution >= 0.6 is 0 Å². The summed E-state index contributed by atoms with van der Waals surface area (Å²) in [4.78, 5) is 22.9. The summed E-state index contributed by atoms with van der Waals surface area (Å²) >= 11 is 0. The number of imide groups is 1. The molecule has 0 fully saturated rings. The Morgan fingerprint density at radius 3 is 2.32 bits per heavy atom. The van der Waals surface area contributed by atoms with Crippen LogP contribution in [0, 0.1) is 0 Å². The minimum Gasteiger partial charge on any atom is -0.497 e. The van der Waals surface area contributed by atoms with Crippen molar-refractivity contribution in [3.05, 3.63) is 36.4 Å². The third kappa shape index (κ3) is 3.66. The van der Waals surface area contributed by atoms with E-state index in [1.807, 2.05) is 30.3 Å². The van der Waals surface area contributed by atoms with E-state index in [2.05, 4.69) is 10.6 Å². The summed E-state index contributed by atoms with van der Waals surface area (Å²) in [7, 11) is 3.04. The van der Waals surface area contributed by atoms with Crippen molar-refractivity contribution in [1.29, 1.82) is 0 Å². The van der Waals surface area contributed by atoms with E-state index < -0.39 is 18.0 Å². The molecule has 116 valence electrons. The fraction of sp³-hybridized carbons (Fsp3) is 0.250. The van der Waals surface area contributed by atoms with Gasteiger partial charge in [0.2, 0.25) is 0 Å². The van der Waals surface area contributed by atoms with E-state index in [0.29, 0.717) is 5.75 Å². The van der Waals surface area contributed by atoms with Gasteiger partial charge in [0.05, 0.1) is 7.11 Å². The van der Waals surface area contributed by atoms with E-state index in [0.717, 1.165) is 16.5 Å². The van der Waals surface area contributed by atoms with Gasteiger partial charge in [-0.2, -0.15) is 0 Å². The van der Waals surface area contributed by atoms with Gasteiger partial charge in [-0.05, 0) is 42.0 Å². The van der Waals surface area contributed by atoms with Crippen molar-refractivity contribution in [2.75, 3.05) is 14.2 Å². The topological polar surface area (TPSA) is 76.7 Å². The van der Waals surface area contributed by atoms with Gasteiger partial charge in [0, 0.05) is 7.05 Å². The second-order valence-corrected chi connectivity index (χ2v) is 4.70. The van der Waals surface area contributed by atoms with E-state index in [-0.39, 0.29) is 0 Å². The first kappa shape index (κ1) is 15.6. The molecule has 2 aromatic carbocycles. The van der Waals surface area contributed by atoms with Gasteiger partial charge in [-0.1, -0.05) is 12.1 Å². The molecule has 6 nitrogen and oxygen atoms in total. The molecular weight excluding hydrogens is 284 g/mol. The van der Waals surface area contributed by atoms with Gasteiger partial charge in [-0.25, -0.2) is 4.79 Å². The second-order valence-electron chi connectivity index (χ2n) is 4.70. The molecule has 22 heavy (non-hydrogen) atoms. The second kappa shape index (κ2) is 6.80. The summed E-state index contributed by atoms with van der Waals surface area (Å²) in [6, 6.07) is 10.6. The Morgan fingerprint density at radius 2 is 1.68 bits per heavy atom. The van der Waals surface area contributed by atoms with Gasteiger partial charge in [0.25, 0.3) is 5.91 Å². The Bertz CT molecular complexity index is 700. The number of benzene rings is 2. The standard InChI is InChI=1S/C16H18N2O4/c1-10(15(19)18-16(20)17-2)22-14-7-5-11-4-6-13(21-3)8-12(11)9-14/h4-10H,1-3H3,(H2,17,18,19,20)/t10-/m1/s1. The fourth-order valence-corrected chi connectivity index (χ4v) is 1.94. The van der Waals surface area contributed by atoms with Crippen molar-refractivity contribution in [3.8, 4) is 11.5 Å². The Labute approximate surface area is 128 Å². The van der Waals surface area contributed by atoms with Crippen molar-refractivity contribution in [1.82, 2.24) is 10.6 Å². The van der Waals surface area contributed by atoms with Crippen LogP contribution in [0.3, 0.4) is 0 Å². The molecule has 0 aliphatic rings. The molecule has 2 N–H and O–H groups in total. The minimum atomic E-state index is -0.791. The van der Waals surface area contributed by atoms with Gasteiger partial charge in [-0.15, -0.1) is 0 Å². The van der Waals surface area contributed by atoms with Crippen LogP contribution in [0.4, 0.5) is 4.79 Å². The number of methoxy groups -OCH3 is 1. The summed E-state index contributed by atoms with van der Waals surface area (Å²) in [5.74, 6) is 0.778. The molecule has 3 amide bonds. The Morgan fingerprint density at radius 1 is 1.05 bits per heavy atom. The number of carbonyl (C=O) groups is 2. The monoisotopic (exact) mass is 302 g/mol. The molecule has 0 aliphatic heterocycles. The van der Waals surface area contributed by atoms with Crippen molar-refractivity contribution < 1.29 is 19.1 Å². The first-order chi connectivity index (χ1) is 10.5. The van der Waals surface area contributed by atoms with Crippen LogP contribution in [-0.2, 0) is 4.79 Å². The zero-order valence-electron chi connectivity index (χ0n) is 12.7. The van der Waals surface area contributed by atoms with Crippen LogP contribution in [0.2, 0.25) is 0 Å². The molecule has 1 atom stereocenters. The van der Waals surface area contributed by atoms with Crippen LogP contribution in [0.5, 0.6) is 11.5 Å². The highest BCUT2D eigenvalue weighted by Crippen LogP contribution is 2.25. The molecule has 0 aromatic heterocycles. The van der Waals surface area contributed by atoms with E-state index in [1.54, 1.807) is 20.1 Å². The number of fused-ring (bicyclic) bond motifs is 1. The van der Waals surface area contributed by atoms with Crippen molar-refractivity contribution >= 4 is 22.7 Å². The molecule has 0 aliphatic carbocycles. The SMILES string of the molecule is CNC(=O)NC(=O)[C@@H](C)Oc1ccc2ccc(OC)cc2c1. The lowest BCUT2D eigenvalue weighted by atomic mass is 10.1. The molecule has 0 saturated heterocycles. The van der Waals surface area contributed by atoms with E-state index >= 15 is 0 Å². The van der Waals surface area contributed by atoms with Gasteiger partial charge < -0.3 is 14.8 Å². The zero-order chi connectivity index (χ0) is 16.1. The summed E-state index contributed by atoms with van der Waals surface area (Å²) in [6.45, 7) is 1.58. The molecule has 0 heterocycles. The number of urea groups is 1. The Balaban J connectivity index is 2.13. The summed E-state index contributed by atoms with van der Waals surface area (Å²) in [6.07, 6.45) is -0.791. The van der Waals surface area contributed by atoms with Crippen LogP contribution < -0.4 is 20.1 Å².